The summed E-state index contributed by atoms with van der Waals surface area (Å²) in [6.45, 7) is 0. The Balaban J connectivity index is 2.41. The number of ether oxygens (including phenoxy) is 3. The van der Waals surface area contributed by atoms with Crippen molar-refractivity contribution in [1.29, 1.82) is 0 Å². The van der Waals surface area contributed by atoms with Gasteiger partial charge < -0.3 is 19.5 Å². The minimum absolute atomic E-state index is 0.316. The van der Waals surface area contributed by atoms with E-state index in [1.165, 1.54) is 27.5 Å². The van der Waals surface area contributed by atoms with Crippen LogP contribution in [0.1, 0.15) is 10.4 Å². The normalized spacial score (nSPS) is 10.1. The summed E-state index contributed by atoms with van der Waals surface area (Å²) in [7, 11) is 4.45. The van der Waals surface area contributed by atoms with Crippen LogP contribution in [0, 0.1) is 0 Å². The summed E-state index contributed by atoms with van der Waals surface area (Å²) in [5, 5.41) is 3.16. The van der Waals surface area contributed by atoms with Gasteiger partial charge in [0.25, 0.3) is 5.91 Å². The molecule has 0 aliphatic carbocycles. The minimum atomic E-state index is -0.383. The van der Waals surface area contributed by atoms with Gasteiger partial charge >= 0.3 is 0 Å². The molecule has 0 aliphatic heterocycles. The van der Waals surface area contributed by atoms with E-state index in [0.29, 0.717) is 38.1 Å². The summed E-state index contributed by atoms with van der Waals surface area (Å²) in [6.07, 6.45) is 1.45. The molecule has 8 heteroatoms. The van der Waals surface area contributed by atoms with Crippen molar-refractivity contribution in [3.8, 4) is 17.2 Å². The SMILES string of the molecule is COc1cc(C(=O)Nc2ccc(Cl)cn2)c(Br)c(OC)c1OC. The van der Waals surface area contributed by atoms with Gasteiger partial charge in [-0.25, -0.2) is 4.98 Å². The minimum Gasteiger partial charge on any atom is -0.493 e. The fraction of sp³-hybridized carbons (Fsp3) is 0.200. The van der Waals surface area contributed by atoms with Crippen LogP contribution in [-0.4, -0.2) is 32.2 Å². The van der Waals surface area contributed by atoms with Crippen molar-refractivity contribution >= 4 is 39.3 Å². The number of benzene rings is 1. The van der Waals surface area contributed by atoms with Gasteiger partial charge in [-0.2, -0.15) is 0 Å². The van der Waals surface area contributed by atoms with Crippen LogP contribution in [0.5, 0.6) is 17.2 Å². The van der Waals surface area contributed by atoms with Crippen molar-refractivity contribution in [2.24, 2.45) is 0 Å². The lowest BCUT2D eigenvalue weighted by atomic mass is 10.1. The summed E-state index contributed by atoms with van der Waals surface area (Å²) in [4.78, 5) is 16.5. The molecule has 0 radical (unpaired) electrons. The second-order valence-electron chi connectivity index (χ2n) is 4.32. The molecule has 0 bridgehead atoms. The zero-order chi connectivity index (χ0) is 17.0. The molecule has 1 amide bonds. The van der Waals surface area contributed by atoms with Crippen molar-refractivity contribution in [3.63, 3.8) is 0 Å². The lowest BCUT2D eigenvalue weighted by Gasteiger charge is -2.16. The van der Waals surface area contributed by atoms with Crippen LogP contribution >= 0.6 is 27.5 Å². The standard InChI is InChI=1S/C15H14BrClN2O4/c1-21-10-6-9(12(16)14(23-3)13(10)22-2)15(20)19-11-5-4-8(17)7-18-11/h4-7H,1-3H3,(H,18,19,20). The predicted octanol–water partition coefficient (Wildman–Crippen LogP) is 3.78. The zero-order valence-corrected chi connectivity index (χ0v) is 15.0. The maximum Gasteiger partial charge on any atom is 0.258 e. The maximum absolute atomic E-state index is 12.5. The van der Waals surface area contributed by atoms with Gasteiger partial charge in [-0.15, -0.1) is 0 Å². The number of carbonyl (C=O) groups excluding carboxylic acids is 1. The number of aromatic nitrogens is 1. The van der Waals surface area contributed by atoms with Crippen LogP contribution in [0.3, 0.4) is 0 Å². The molecule has 0 fully saturated rings. The molecule has 122 valence electrons. The van der Waals surface area contributed by atoms with Gasteiger partial charge in [-0.1, -0.05) is 11.6 Å². The highest BCUT2D eigenvalue weighted by Crippen LogP contribution is 2.44. The second-order valence-corrected chi connectivity index (χ2v) is 5.55. The van der Waals surface area contributed by atoms with Crippen molar-refractivity contribution in [1.82, 2.24) is 4.98 Å². The van der Waals surface area contributed by atoms with E-state index in [0.717, 1.165) is 0 Å². The Kier molecular flexibility index (Phi) is 5.68. The third kappa shape index (κ3) is 3.68. The third-order valence-electron chi connectivity index (χ3n) is 2.98. The maximum atomic E-state index is 12.5. The quantitative estimate of drug-likeness (QED) is 0.826. The Morgan fingerprint density at radius 1 is 1.17 bits per heavy atom. The van der Waals surface area contributed by atoms with E-state index < -0.39 is 0 Å². The number of nitrogens with zero attached hydrogens (tertiary/aromatic N) is 1. The third-order valence-corrected chi connectivity index (χ3v) is 3.99. The van der Waals surface area contributed by atoms with Crippen molar-refractivity contribution < 1.29 is 19.0 Å². The van der Waals surface area contributed by atoms with Crippen molar-refractivity contribution in [3.05, 3.63) is 39.5 Å². The number of hydrogen-bond acceptors (Lipinski definition) is 5. The molecule has 1 aromatic carbocycles. The van der Waals surface area contributed by atoms with Gasteiger partial charge in [0.1, 0.15) is 5.82 Å². The molecule has 6 nitrogen and oxygen atoms in total. The molecular formula is C15H14BrClN2O4. The average molecular weight is 402 g/mol. The van der Waals surface area contributed by atoms with Gasteiger partial charge in [-0.05, 0) is 34.1 Å². The van der Waals surface area contributed by atoms with Gasteiger partial charge in [0.05, 0.1) is 36.4 Å². The zero-order valence-electron chi connectivity index (χ0n) is 12.6. The number of carbonyl (C=O) groups is 1. The fourth-order valence-electron chi connectivity index (χ4n) is 1.92. The number of methoxy groups -OCH3 is 3. The summed E-state index contributed by atoms with van der Waals surface area (Å²) < 4.78 is 16.3. The summed E-state index contributed by atoms with van der Waals surface area (Å²) in [5.74, 6) is 1.12. The number of anilines is 1. The Hall–Kier alpha value is -1.99. The number of rotatable bonds is 5. The van der Waals surface area contributed by atoms with Gasteiger partial charge in [-0.3, -0.25) is 4.79 Å². The van der Waals surface area contributed by atoms with Crippen LogP contribution in [0.2, 0.25) is 5.02 Å². The Morgan fingerprint density at radius 3 is 2.39 bits per heavy atom. The number of hydrogen-bond donors (Lipinski definition) is 1. The Bertz CT molecular complexity index is 722. The summed E-state index contributed by atoms with van der Waals surface area (Å²) in [5.41, 5.74) is 0.316. The largest absolute Gasteiger partial charge is 0.493 e. The van der Waals surface area contributed by atoms with E-state index in [1.807, 2.05) is 0 Å². The van der Waals surface area contributed by atoms with E-state index in [2.05, 4.69) is 26.2 Å². The lowest BCUT2D eigenvalue weighted by molar-refractivity contribution is 0.102. The second kappa shape index (κ2) is 7.52. The molecule has 0 atom stereocenters. The van der Waals surface area contributed by atoms with Crippen LogP contribution in [-0.2, 0) is 0 Å². The van der Waals surface area contributed by atoms with Gasteiger partial charge in [0, 0.05) is 6.20 Å². The lowest BCUT2D eigenvalue weighted by Crippen LogP contribution is -2.14. The van der Waals surface area contributed by atoms with E-state index in [-0.39, 0.29) is 5.91 Å². The molecule has 0 spiro atoms. The van der Waals surface area contributed by atoms with Crippen LogP contribution in [0.25, 0.3) is 0 Å². The molecule has 23 heavy (non-hydrogen) atoms. The number of halogens is 2. The molecule has 0 aliphatic rings. The fourth-order valence-corrected chi connectivity index (χ4v) is 2.67. The molecule has 2 rings (SSSR count). The first-order chi connectivity index (χ1) is 11.0. The van der Waals surface area contributed by atoms with Gasteiger partial charge in [0.15, 0.2) is 11.5 Å². The summed E-state index contributed by atoms with van der Waals surface area (Å²) >= 11 is 9.13. The van der Waals surface area contributed by atoms with E-state index >= 15 is 0 Å². The number of amides is 1. The predicted molar refractivity (Wildman–Crippen MR) is 91.0 cm³/mol. The molecule has 0 unspecified atom stereocenters. The first kappa shape index (κ1) is 17.4. The summed E-state index contributed by atoms with van der Waals surface area (Å²) in [6, 6.07) is 4.79. The monoisotopic (exact) mass is 400 g/mol. The average Bonchev–Trinajstić information content (AvgIpc) is 2.56. The highest BCUT2D eigenvalue weighted by atomic mass is 79.9. The molecule has 2 aromatic rings. The molecular weight excluding hydrogens is 388 g/mol. The van der Waals surface area contributed by atoms with Crippen LogP contribution < -0.4 is 19.5 Å². The van der Waals surface area contributed by atoms with Gasteiger partial charge in [0.2, 0.25) is 5.75 Å². The molecule has 1 N–H and O–H groups in total. The Morgan fingerprint density at radius 2 is 1.87 bits per heavy atom. The smallest absolute Gasteiger partial charge is 0.258 e. The number of nitrogens with one attached hydrogen (secondary N) is 1. The van der Waals surface area contributed by atoms with Crippen LogP contribution in [0.15, 0.2) is 28.9 Å². The molecule has 1 heterocycles. The number of pyridine rings is 1. The van der Waals surface area contributed by atoms with E-state index in [9.17, 15) is 4.79 Å². The van der Waals surface area contributed by atoms with Crippen molar-refractivity contribution in [2.75, 3.05) is 26.6 Å². The molecule has 0 saturated carbocycles. The molecule has 0 saturated heterocycles. The topological polar surface area (TPSA) is 69.7 Å². The first-order valence-corrected chi connectivity index (χ1v) is 7.60. The Labute approximate surface area is 146 Å². The first-order valence-electron chi connectivity index (χ1n) is 6.43. The van der Waals surface area contributed by atoms with Crippen molar-refractivity contribution in [2.45, 2.75) is 0 Å². The van der Waals surface area contributed by atoms with E-state index in [1.54, 1.807) is 18.2 Å². The highest BCUT2D eigenvalue weighted by Gasteiger charge is 2.23. The highest BCUT2D eigenvalue weighted by molar-refractivity contribution is 9.10. The van der Waals surface area contributed by atoms with Crippen LogP contribution in [0.4, 0.5) is 5.82 Å². The van der Waals surface area contributed by atoms with E-state index in [4.69, 9.17) is 25.8 Å². The molecule has 1 aromatic heterocycles.